The van der Waals surface area contributed by atoms with Gasteiger partial charge < -0.3 is 16.4 Å². The summed E-state index contributed by atoms with van der Waals surface area (Å²) in [5.41, 5.74) is 5.37. The zero-order chi connectivity index (χ0) is 11.5. The molecule has 4 N–H and O–H groups in total. The molecular weight excluding hydrogens is 232 g/mol. The smallest absolute Gasteiger partial charge is 0.239 e. The zero-order valence-corrected chi connectivity index (χ0v) is 9.16. The van der Waals surface area contributed by atoms with Crippen molar-refractivity contribution < 1.29 is 4.79 Å². The third-order valence-electron chi connectivity index (χ3n) is 1.97. The predicted molar refractivity (Wildman–Crippen MR) is 58.9 cm³/mol. The zero-order valence-electron chi connectivity index (χ0n) is 8.40. The molecule has 86 valence electrons. The minimum atomic E-state index is -0.0994. The fraction of sp³-hybridized carbons (Fsp3) is 0.500. The van der Waals surface area contributed by atoms with Gasteiger partial charge in [-0.25, -0.2) is 0 Å². The van der Waals surface area contributed by atoms with Crippen LogP contribution in [-0.2, 0) is 4.79 Å². The number of anilines is 2. The fourth-order valence-electron chi connectivity index (χ4n) is 1.11. The highest BCUT2D eigenvalue weighted by Gasteiger charge is 2.22. The summed E-state index contributed by atoms with van der Waals surface area (Å²) < 4.78 is 0. The average molecular weight is 243 g/mol. The molecule has 1 aliphatic rings. The van der Waals surface area contributed by atoms with Crippen LogP contribution in [0, 0.1) is 0 Å². The Morgan fingerprint density at radius 1 is 1.44 bits per heavy atom. The van der Waals surface area contributed by atoms with E-state index in [4.69, 9.17) is 17.3 Å². The molecule has 0 bridgehead atoms. The van der Waals surface area contributed by atoms with Crippen molar-refractivity contribution in [2.75, 3.05) is 17.6 Å². The standard InChI is InChI=1S/C8H11ClN6O/c9-6-13-7(10)15-8(14-6)11-3-5(16)12-4-1-2-4/h4H,1-3H2,(H,12,16)(H3,10,11,13,14,15). The number of aromatic nitrogens is 3. The van der Waals surface area contributed by atoms with E-state index in [1.54, 1.807) is 0 Å². The minimum absolute atomic E-state index is 0.00222. The number of nitrogen functional groups attached to an aromatic ring is 1. The number of nitrogens with one attached hydrogen (secondary N) is 2. The van der Waals surface area contributed by atoms with Gasteiger partial charge in [0.15, 0.2) is 0 Å². The van der Waals surface area contributed by atoms with Crippen LogP contribution in [0.5, 0.6) is 0 Å². The van der Waals surface area contributed by atoms with E-state index >= 15 is 0 Å². The number of carbonyl (C=O) groups excluding carboxylic acids is 1. The molecule has 1 saturated carbocycles. The molecule has 0 aromatic carbocycles. The lowest BCUT2D eigenvalue weighted by atomic mass is 10.5. The van der Waals surface area contributed by atoms with Gasteiger partial charge in [0.2, 0.25) is 23.1 Å². The molecule has 0 unspecified atom stereocenters. The second kappa shape index (κ2) is 4.48. The Labute approximate surface area is 96.8 Å². The summed E-state index contributed by atoms with van der Waals surface area (Å²) in [6.45, 7) is 0.0935. The molecule has 7 nitrogen and oxygen atoms in total. The summed E-state index contributed by atoms with van der Waals surface area (Å²) in [6.07, 6.45) is 2.10. The molecule has 1 aliphatic carbocycles. The van der Waals surface area contributed by atoms with Gasteiger partial charge in [0.25, 0.3) is 0 Å². The molecule has 1 amide bonds. The molecule has 0 radical (unpaired) electrons. The molecule has 0 aliphatic heterocycles. The number of rotatable bonds is 4. The summed E-state index contributed by atoms with van der Waals surface area (Å²) in [7, 11) is 0. The van der Waals surface area contributed by atoms with Gasteiger partial charge >= 0.3 is 0 Å². The first-order valence-corrected chi connectivity index (χ1v) is 5.21. The van der Waals surface area contributed by atoms with Gasteiger partial charge in [0.1, 0.15) is 0 Å². The Bertz CT molecular complexity index is 387. The SMILES string of the molecule is Nc1nc(Cl)nc(NCC(=O)NC2CC2)n1. The normalized spacial score (nSPS) is 14.6. The third-order valence-corrected chi connectivity index (χ3v) is 2.14. The van der Waals surface area contributed by atoms with E-state index in [1.807, 2.05) is 0 Å². The lowest BCUT2D eigenvalue weighted by molar-refractivity contribution is -0.119. The second-order valence-corrected chi connectivity index (χ2v) is 3.82. The van der Waals surface area contributed by atoms with E-state index in [9.17, 15) is 4.79 Å². The van der Waals surface area contributed by atoms with Gasteiger partial charge in [-0.15, -0.1) is 0 Å². The van der Waals surface area contributed by atoms with Crippen molar-refractivity contribution in [1.29, 1.82) is 0 Å². The lowest BCUT2D eigenvalue weighted by Gasteiger charge is -2.05. The topological polar surface area (TPSA) is 106 Å². The first-order chi connectivity index (χ1) is 7.63. The third kappa shape index (κ3) is 3.20. The van der Waals surface area contributed by atoms with Gasteiger partial charge in [0.05, 0.1) is 6.54 Å². The van der Waals surface area contributed by atoms with Crippen molar-refractivity contribution in [2.24, 2.45) is 0 Å². The van der Waals surface area contributed by atoms with Crippen LogP contribution in [0.1, 0.15) is 12.8 Å². The second-order valence-electron chi connectivity index (χ2n) is 3.48. The summed E-state index contributed by atoms with van der Waals surface area (Å²) in [5.74, 6) is 0.117. The van der Waals surface area contributed by atoms with E-state index in [1.165, 1.54) is 0 Å². The highest BCUT2D eigenvalue weighted by atomic mass is 35.5. The maximum Gasteiger partial charge on any atom is 0.239 e. The Kier molecular flexibility index (Phi) is 3.04. The van der Waals surface area contributed by atoms with Crippen LogP contribution >= 0.6 is 11.6 Å². The van der Waals surface area contributed by atoms with Crippen LogP contribution in [-0.4, -0.2) is 33.4 Å². The number of nitrogens with zero attached hydrogens (tertiary/aromatic N) is 3. The van der Waals surface area contributed by atoms with Crippen LogP contribution in [0.2, 0.25) is 5.28 Å². The van der Waals surface area contributed by atoms with Gasteiger partial charge in [-0.05, 0) is 24.4 Å². The Hall–Kier alpha value is -1.63. The molecule has 0 atom stereocenters. The Morgan fingerprint density at radius 3 is 2.81 bits per heavy atom. The molecule has 8 heteroatoms. The van der Waals surface area contributed by atoms with Crippen LogP contribution in [0.15, 0.2) is 0 Å². The van der Waals surface area contributed by atoms with Crippen molar-refractivity contribution in [3.05, 3.63) is 5.28 Å². The number of nitrogens with two attached hydrogens (primary N) is 1. The van der Waals surface area contributed by atoms with E-state index in [0.29, 0.717) is 6.04 Å². The predicted octanol–water partition coefficient (Wildman–Crippen LogP) is -0.202. The molecule has 0 saturated heterocycles. The van der Waals surface area contributed by atoms with E-state index in [-0.39, 0.29) is 29.6 Å². The number of hydrogen-bond acceptors (Lipinski definition) is 6. The summed E-state index contributed by atoms with van der Waals surface area (Å²) in [5, 5.41) is 5.53. The average Bonchev–Trinajstić information content (AvgIpc) is 2.97. The van der Waals surface area contributed by atoms with Gasteiger partial charge in [-0.2, -0.15) is 15.0 Å². The molecular formula is C8H11ClN6O. The number of hydrogen-bond donors (Lipinski definition) is 3. The molecule has 1 fully saturated rings. The van der Waals surface area contributed by atoms with Crippen LogP contribution < -0.4 is 16.4 Å². The van der Waals surface area contributed by atoms with E-state index in [0.717, 1.165) is 12.8 Å². The summed E-state index contributed by atoms with van der Waals surface area (Å²) >= 11 is 5.58. The number of halogens is 1. The molecule has 2 rings (SSSR count). The first kappa shape index (κ1) is 10.9. The van der Waals surface area contributed by atoms with E-state index < -0.39 is 0 Å². The van der Waals surface area contributed by atoms with Crippen molar-refractivity contribution in [3.63, 3.8) is 0 Å². The summed E-state index contributed by atoms with van der Waals surface area (Å²) in [4.78, 5) is 22.5. The molecule has 16 heavy (non-hydrogen) atoms. The van der Waals surface area contributed by atoms with Crippen molar-refractivity contribution >= 4 is 29.4 Å². The maximum atomic E-state index is 11.3. The largest absolute Gasteiger partial charge is 0.368 e. The van der Waals surface area contributed by atoms with Crippen molar-refractivity contribution in [3.8, 4) is 0 Å². The van der Waals surface area contributed by atoms with Gasteiger partial charge in [0, 0.05) is 6.04 Å². The van der Waals surface area contributed by atoms with Crippen LogP contribution in [0.25, 0.3) is 0 Å². The lowest BCUT2D eigenvalue weighted by Crippen LogP contribution is -2.31. The number of amides is 1. The Balaban J connectivity index is 1.85. The summed E-state index contributed by atoms with van der Waals surface area (Å²) in [6, 6.07) is 0.335. The Morgan fingerprint density at radius 2 is 2.19 bits per heavy atom. The van der Waals surface area contributed by atoms with Crippen molar-refractivity contribution in [1.82, 2.24) is 20.3 Å². The quantitative estimate of drug-likeness (QED) is 0.675. The maximum absolute atomic E-state index is 11.3. The van der Waals surface area contributed by atoms with Crippen LogP contribution in [0.3, 0.4) is 0 Å². The minimum Gasteiger partial charge on any atom is -0.368 e. The van der Waals surface area contributed by atoms with E-state index in [2.05, 4.69) is 25.6 Å². The van der Waals surface area contributed by atoms with Crippen molar-refractivity contribution in [2.45, 2.75) is 18.9 Å². The first-order valence-electron chi connectivity index (χ1n) is 4.84. The van der Waals surface area contributed by atoms with Gasteiger partial charge in [-0.1, -0.05) is 0 Å². The monoisotopic (exact) mass is 242 g/mol. The number of carbonyl (C=O) groups is 1. The van der Waals surface area contributed by atoms with Gasteiger partial charge in [-0.3, -0.25) is 4.79 Å². The molecule has 0 spiro atoms. The molecule has 1 heterocycles. The molecule has 1 aromatic heterocycles. The highest BCUT2D eigenvalue weighted by molar-refractivity contribution is 6.28. The van der Waals surface area contributed by atoms with Crippen LogP contribution in [0.4, 0.5) is 11.9 Å². The molecule has 1 aromatic rings. The fourth-order valence-corrected chi connectivity index (χ4v) is 1.28. The highest BCUT2D eigenvalue weighted by Crippen LogP contribution is 2.18.